The van der Waals surface area contributed by atoms with Crippen molar-refractivity contribution in [3.05, 3.63) is 47.3 Å². The Morgan fingerprint density at radius 1 is 1.19 bits per heavy atom. The number of sulfonamides is 1. The maximum Gasteiger partial charge on any atom is 0.242 e. The van der Waals surface area contributed by atoms with E-state index in [1.807, 2.05) is 19.1 Å². The van der Waals surface area contributed by atoms with Gasteiger partial charge in [0, 0.05) is 38.4 Å². The van der Waals surface area contributed by atoms with Crippen molar-refractivity contribution in [2.75, 3.05) is 14.1 Å². The first-order valence-electron chi connectivity index (χ1n) is 6.62. The molecule has 0 amide bonds. The molecule has 0 aliphatic rings. The molecule has 0 unspecified atom stereocenters. The number of rotatable bonds is 6. The summed E-state index contributed by atoms with van der Waals surface area (Å²) in [5.74, 6) is 0. The van der Waals surface area contributed by atoms with Gasteiger partial charge >= 0.3 is 0 Å². The quantitative estimate of drug-likeness (QED) is 0.842. The van der Waals surface area contributed by atoms with Crippen LogP contribution in [0.3, 0.4) is 0 Å². The molecule has 0 bridgehead atoms. The number of hydrogen-bond donors (Lipinski definition) is 2. The normalized spacial score (nSPS) is 12.0. The fourth-order valence-corrected chi connectivity index (χ4v) is 2.79. The van der Waals surface area contributed by atoms with Gasteiger partial charge in [0.2, 0.25) is 10.0 Å². The second-order valence-corrected chi connectivity index (χ2v) is 7.21. The SMILES string of the molecule is Cc1[nH]ncc1CNCc1ccc(S(=O)(=O)N(C)C)cc1. The molecule has 114 valence electrons. The zero-order valence-electron chi connectivity index (χ0n) is 12.4. The zero-order valence-corrected chi connectivity index (χ0v) is 13.2. The van der Waals surface area contributed by atoms with Gasteiger partial charge in [0.25, 0.3) is 0 Å². The number of benzene rings is 1. The lowest BCUT2D eigenvalue weighted by Gasteiger charge is -2.11. The van der Waals surface area contributed by atoms with Crippen LogP contribution >= 0.6 is 0 Å². The molecule has 0 saturated carbocycles. The van der Waals surface area contributed by atoms with Gasteiger partial charge in [-0.1, -0.05) is 12.1 Å². The van der Waals surface area contributed by atoms with Crippen molar-refractivity contribution in [1.82, 2.24) is 19.8 Å². The summed E-state index contributed by atoms with van der Waals surface area (Å²) < 4.78 is 25.1. The third-order valence-corrected chi connectivity index (χ3v) is 5.11. The van der Waals surface area contributed by atoms with E-state index in [0.29, 0.717) is 11.4 Å². The van der Waals surface area contributed by atoms with Gasteiger partial charge in [-0.2, -0.15) is 5.10 Å². The molecular weight excluding hydrogens is 288 g/mol. The van der Waals surface area contributed by atoms with Crippen molar-refractivity contribution >= 4 is 10.0 Å². The Morgan fingerprint density at radius 2 is 1.86 bits per heavy atom. The number of nitrogens with one attached hydrogen (secondary N) is 2. The van der Waals surface area contributed by atoms with E-state index in [1.165, 1.54) is 18.4 Å². The van der Waals surface area contributed by atoms with E-state index >= 15 is 0 Å². The van der Waals surface area contributed by atoms with E-state index in [2.05, 4.69) is 15.5 Å². The lowest BCUT2D eigenvalue weighted by atomic mass is 10.2. The first-order chi connectivity index (χ1) is 9.91. The van der Waals surface area contributed by atoms with E-state index in [-0.39, 0.29) is 0 Å². The summed E-state index contributed by atoms with van der Waals surface area (Å²) in [6, 6.07) is 6.92. The van der Waals surface area contributed by atoms with E-state index in [4.69, 9.17) is 0 Å². The minimum absolute atomic E-state index is 0.307. The molecule has 0 saturated heterocycles. The van der Waals surface area contributed by atoms with Gasteiger partial charge in [-0.15, -0.1) is 0 Å². The Labute approximate surface area is 125 Å². The van der Waals surface area contributed by atoms with Crippen LogP contribution in [-0.4, -0.2) is 37.0 Å². The molecule has 1 aromatic heterocycles. The largest absolute Gasteiger partial charge is 0.308 e. The van der Waals surface area contributed by atoms with Crippen LogP contribution in [0, 0.1) is 6.92 Å². The molecule has 0 aliphatic carbocycles. The predicted octanol–water partition coefficient (Wildman–Crippen LogP) is 1.26. The van der Waals surface area contributed by atoms with Crippen LogP contribution in [0.5, 0.6) is 0 Å². The molecule has 2 N–H and O–H groups in total. The lowest BCUT2D eigenvalue weighted by Crippen LogP contribution is -2.22. The van der Waals surface area contributed by atoms with Crippen molar-refractivity contribution in [2.24, 2.45) is 0 Å². The third-order valence-electron chi connectivity index (χ3n) is 3.28. The van der Waals surface area contributed by atoms with Crippen LogP contribution in [0.4, 0.5) is 0 Å². The molecule has 6 nitrogen and oxygen atoms in total. The van der Waals surface area contributed by atoms with Crippen LogP contribution in [0.15, 0.2) is 35.4 Å². The number of aromatic amines is 1. The smallest absolute Gasteiger partial charge is 0.242 e. The van der Waals surface area contributed by atoms with Gasteiger partial charge in [-0.25, -0.2) is 12.7 Å². The average Bonchev–Trinajstić information content (AvgIpc) is 2.85. The maximum atomic E-state index is 12.0. The second kappa shape index (κ2) is 6.38. The summed E-state index contributed by atoms with van der Waals surface area (Å²) in [6.45, 7) is 3.37. The number of H-pyrrole nitrogens is 1. The van der Waals surface area contributed by atoms with Gasteiger partial charge < -0.3 is 5.32 Å². The Kier molecular flexibility index (Phi) is 4.76. The summed E-state index contributed by atoms with van der Waals surface area (Å²) in [5.41, 5.74) is 3.21. The molecule has 0 radical (unpaired) electrons. The number of aryl methyl sites for hydroxylation is 1. The molecule has 2 aromatic rings. The fourth-order valence-electron chi connectivity index (χ4n) is 1.89. The van der Waals surface area contributed by atoms with Gasteiger partial charge in [0.1, 0.15) is 0 Å². The Hall–Kier alpha value is -1.70. The van der Waals surface area contributed by atoms with E-state index in [1.54, 1.807) is 18.3 Å². The minimum atomic E-state index is -3.35. The van der Waals surface area contributed by atoms with Crippen LogP contribution in [-0.2, 0) is 23.1 Å². The maximum absolute atomic E-state index is 12.0. The summed E-state index contributed by atoms with van der Waals surface area (Å²) >= 11 is 0. The van der Waals surface area contributed by atoms with Crippen molar-refractivity contribution in [3.8, 4) is 0 Å². The van der Waals surface area contributed by atoms with E-state index < -0.39 is 10.0 Å². The highest BCUT2D eigenvalue weighted by atomic mass is 32.2. The number of aromatic nitrogens is 2. The third kappa shape index (κ3) is 3.69. The van der Waals surface area contributed by atoms with Crippen molar-refractivity contribution in [2.45, 2.75) is 24.9 Å². The van der Waals surface area contributed by atoms with Gasteiger partial charge in [0.05, 0.1) is 11.1 Å². The lowest BCUT2D eigenvalue weighted by molar-refractivity contribution is 0.520. The van der Waals surface area contributed by atoms with E-state index in [0.717, 1.165) is 23.4 Å². The van der Waals surface area contributed by atoms with Crippen LogP contribution in [0.2, 0.25) is 0 Å². The Balaban J connectivity index is 1.96. The highest BCUT2D eigenvalue weighted by molar-refractivity contribution is 7.89. The van der Waals surface area contributed by atoms with Crippen LogP contribution in [0.1, 0.15) is 16.8 Å². The molecule has 1 aromatic carbocycles. The average molecular weight is 308 g/mol. The number of nitrogens with zero attached hydrogens (tertiary/aromatic N) is 2. The van der Waals surface area contributed by atoms with Crippen molar-refractivity contribution in [3.63, 3.8) is 0 Å². The monoisotopic (exact) mass is 308 g/mol. The molecule has 21 heavy (non-hydrogen) atoms. The molecule has 0 aliphatic heterocycles. The molecule has 2 rings (SSSR count). The summed E-state index contributed by atoms with van der Waals surface area (Å²) in [5, 5.41) is 10.2. The fraction of sp³-hybridized carbons (Fsp3) is 0.357. The second-order valence-electron chi connectivity index (χ2n) is 5.06. The minimum Gasteiger partial charge on any atom is -0.308 e. The van der Waals surface area contributed by atoms with E-state index in [9.17, 15) is 8.42 Å². The molecule has 0 spiro atoms. The summed E-state index contributed by atoms with van der Waals surface area (Å²) in [7, 11) is -0.303. The molecule has 0 fully saturated rings. The predicted molar refractivity (Wildman–Crippen MR) is 81.2 cm³/mol. The molecule has 0 atom stereocenters. The van der Waals surface area contributed by atoms with Crippen LogP contribution in [0.25, 0.3) is 0 Å². The first-order valence-corrected chi connectivity index (χ1v) is 8.06. The number of hydrogen-bond acceptors (Lipinski definition) is 4. The Morgan fingerprint density at radius 3 is 2.38 bits per heavy atom. The highest BCUT2D eigenvalue weighted by Crippen LogP contribution is 2.14. The zero-order chi connectivity index (χ0) is 15.5. The standard InChI is InChI=1S/C14H20N4O2S/c1-11-13(10-16-17-11)9-15-8-12-4-6-14(7-5-12)21(19,20)18(2)3/h4-7,10,15H,8-9H2,1-3H3,(H,16,17). The van der Waals surface area contributed by atoms with Gasteiger partial charge in [0.15, 0.2) is 0 Å². The molecular formula is C14H20N4O2S. The molecule has 1 heterocycles. The van der Waals surface area contributed by atoms with Gasteiger partial charge in [-0.05, 0) is 24.6 Å². The summed E-state index contributed by atoms with van der Waals surface area (Å²) in [6.07, 6.45) is 1.80. The molecule has 7 heteroatoms. The Bertz CT molecular complexity index is 690. The van der Waals surface area contributed by atoms with Gasteiger partial charge in [-0.3, -0.25) is 5.10 Å². The van der Waals surface area contributed by atoms with Crippen molar-refractivity contribution in [1.29, 1.82) is 0 Å². The first kappa shape index (κ1) is 15.7. The summed E-state index contributed by atoms with van der Waals surface area (Å²) in [4.78, 5) is 0.307. The topological polar surface area (TPSA) is 78.1 Å². The van der Waals surface area contributed by atoms with Crippen molar-refractivity contribution < 1.29 is 8.42 Å². The van der Waals surface area contributed by atoms with Crippen LogP contribution < -0.4 is 5.32 Å². The highest BCUT2D eigenvalue weighted by Gasteiger charge is 2.16.